The molecule has 0 spiro atoms. The number of aromatic nitrogens is 1. The molecule has 1 aliphatic rings. The standard InChI is InChI=1S/C12H19N5O3S/c1-21(19,20)17-4-2-9(3-5-17)16-12-10(11(14)18)6-8(13)7-15-12/h6-7,9H,2-5,13H2,1H3,(H2,14,18)(H,15,16). The largest absolute Gasteiger partial charge is 0.397 e. The number of piperidine rings is 1. The molecule has 8 nitrogen and oxygen atoms in total. The van der Waals surface area contributed by atoms with E-state index in [1.54, 1.807) is 0 Å². The highest BCUT2D eigenvalue weighted by Gasteiger charge is 2.25. The second kappa shape index (κ2) is 5.86. The maximum atomic E-state index is 11.5. The zero-order valence-corrected chi connectivity index (χ0v) is 12.6. The van der Waals surface area contributed by atoms with E-state index in [0.29, 0.717) is 37.4 Å². The van der Waals surface area contributed by atoms with E-state index in [1.165, 1.54) is 22.8 Å². The molecule has 0 aromatic carbocycles. The minimum atomic E-state index is -3.15. The molecule has 5 N–H and O–H groups in total. The summed E-state index contributed by atoms with van der Waals surface area (Å²) < 4.78 is 24.3. The summed E-state index contributed by atoms with van der Waals surface area (Å²) >= 11 is 0. The molecule has 1 saturated heterocycles. The average molecular weight is 313 g/mol. The molecule has 0 aliphatic carbocycles. The van der Waals surface area contributed by atoms with Gasteiger partial charge >= 0.3 is 0 Å². The summed E-state index contributed by atoms with van der Waals surface area (Å²) in [6, 6.07) is 1.51. The lowest BCUT2D eigenvalue weighted by molar-refractivity contribution is 0.100. The molecule has 116 valence electrons. The van der Waals surface area contributed by atoms with Gasteiger partial charge in [0.15, 0.2) is 0 Å². The van der Waals surface area contributed by atoms with E-state index in [1.807, 2.05) is 0 Å². The van der Waals surface area contributed by atoms with E-state index in [-0.39, 0.29) is 11.6 Å². The molecule has 1 aromatic heterocycles. The van der Waals surface area contributed by atoms with Gasteiger partial charge in [-0.2, -0.15) is 0 Å². The van der Waals surface area contributed by atoms with Crippen LogP contribution in [0.1, 0.15) is 23.2 Å². The van der Waals surface area contributed by atoms with E-state index < -0.39 is 15.9 Å². The van der Waals surface area contributed by atoms with Gasteiger partial charge in [-0.25, -0.2) is 17.7 Å². The Balaban J connectivity index is 2.06. The minimum Gasteiger partial charge on any atom is -0.397 e. The summed E-state index contributed by atoms with van der Waals surface area (Å²) in [5.74, 6) is -0.222. The number of sulfonamides is 1. The summed E-state index contributed by atoms with van der Waals surface area (Å²) in [4.78, 5) is 15.5. The first-order valence-corrected chi connectivity index (χ1v) is 8.39. The Kier molecular flexibility index (Phi) is 4.33. The van der Waals surface area contributed by atoms with Gasteiger partial charge in [0.25, 0.3) is 5.91 Å². The zero-order chi connectivity index (χ0) is 15.6. The van der Waals surface area contributed by atoms with E-state index in [2.05, 4.69) is 10.3 Å². The predicted molar refractivity (Wildman–Crippen MR) is 80.2 cm³/mol. The van der Waals surface area contributed by atoms with Crippen LogP contribution in [-0.2, 0) is 10.0 Å². The van der Waals surface area contributed by atoms with Crippen molar-refractivity contribution in [2.24, 2.45) is 5.73 Å². The van der Waals surface area contributed by atoms with Crippen molar-refractivity contribution >= 4 is 27.4 Å². The zero-order valence-electron chi connectivity index (χ0n) is 11.7. The lowest BCUT2D eigenvalue weighted by atomic mass is 10.1. The van der Waals surface area contributed by atoms with Gasteiger partial charge in [-0.15, -0.1) is 0 Å². The van der Waals surface area contributed by atoms with Crippen LogP contribution < -0.4 is 16.8 Å². The van der Waals surface area contributed by atoms with Crippen LogP contribution >= 0.6 is 0 Å². The maximum Gasteiger partial charge on any atom is 0.252 e. The molecule has 1 amide bonds. The molecule has 0 bridgehead atoms. The third kappa shape index (κ3) is 3.82. The molecule has 0 saturated carbocycles. The summed E-state index contributed by atoms with van der Waals surface area (Å²) in [6.07, 6.45) is 3.92. The third-order valence-electron chi connectivity index (χ3n) is 3.44. The molecule has 1 fully saturated rings. The van der Waals surface area contributed by atoms with E-state index in [9.17, 15) is 13.2 Å². The number of carbonyl (C=O) groups is 1. The second-order valence-corrected chi connectivity index (χ2v) is 7.09. The van der Waals surface area contributed by atoms with Crippen LogP contribution in [0.4, 0.5) is 11.5 Å². The van der Waals surface area contributed by atoms with Crippen LogP contribution in [0, 0.1) is 0 Å². The van der Waals surface area contributed by atoms with E-state index >= 15 is 0 Å². The first-order valence-electron chi connectivity index (χ1n) is 6.54. The van der Waals surface area contributed by atoms with Crippen molar-refractivity contribution in [1.82, 2.24) is 9.29 Å². The van der Waals surface area contributed by atoms with Gasteiger partial charge in [0.05, 0.1) is 23.7 Å². The number of primary amides is 1. The molecular weight excluding hydrogens is 294 g/mol. The van der Waals surface area contributed by atoms with Crippen molar-refractivity contribution in [3.63, 3.8) is 0 Å². The summed E-state index contributed by atoms with van der Waals surface area (Å²) in [5.41, 5.74) is 11.5. The van der Waals surface area contributed by atoms with Gasteiger partial charge in [0.1, 0.15) is 5.82 Å². The molecule has 2 heterocycles. The Hall–Kier alpha value is -1.87. The molecule has 9 heteroatoms. The van der Waals surface area contributed by atoms with Gasteiger partial charge < -0.3 is 16.8 Å². The molecule has 1 aromatic rings. The molecule has 1 aliphatic heterocycles. The van der Waals surface area contributed by atoms with Crippen LogP contribution in [0.5, 0.6) is 0 Å². The van der Waals surface area contributed by atoms with Crippen molar-refractivity contribution in [2.75, 3.05) is 30.4 Å². The van der Waals surface area contributed by atoms with Gasteiger partial charge in [-0.05, 0) is 18.9 Å². The monoisotopic (exact) mass is 313 g/mol. The topological polar surface area (TPSA) is 131 Å². The Morgan fingerprint density at radius 3 is 2.57 bits per heavy atom. The van der Waals surface area contributed by atoms with Crippen LogP contribution in [0.25, 0.3) is 0 Å². The van der Waals surface area contributed by atoms with Crippen LogP contribution in [0.15, 0.2) is 12.3 Å². The predicted octanol–water partition coefficient (Wildman–Crippen LogP) is -0.401. The Morgan fingerprint density at radius 2 is 2.05 bits per heavy atom. The first kappa shape index (κ1) is 15.5. The fraction of sp³-hybridized carbons (Fsp3) is 0.500. The van der Waals surface area contributed by atoms with Crippen LogP contribution in [-0.4, -0.2) is 49.0 Å². The lowest BCUT2D eigenvalue weighted by Crippen LogP contribution is -2.42. The molecular formula is C12H19N5O3S. The Labute approximate surface area is 123 Å². The van der Waals surface area contributed by atoms with Crippen molar-refractivity contribution in [3.05, 3.63) is 17.8 Å². The average Bonchev–Trinajstić information content (AvgIpc) is 2.40. The number of rotatable bonds is 4. The number of hydrogen-bond donors (Lipinski definition) is 3. The van der Waals surface area contributed by atoms with Gasteiger partial charge in [0, 0.05) is 19.1 Å². The normalized spacial score (nSPS) is 17.6. The third-order valence-corrected chi connectivity index (χ3v) is 4.74. The number of carbonyl (C=O) groups excluding carboxylic acids is 1. The number of nitrogens with zero attached hydrogens (tertiary/aromatic N) is 2. The number of anilines is 2. The highest BCUT2D eigenvalue weighted by Crippen LogP contribution is 2.20. The summed E-state index contributed by atoms with van der Waals surface area (Å²) in [6.45, 7) is 0.884. The first-order chi connectivity index (χ1) is 9.77. The molecule has 0 unspecified atom stereocenters. The van der Waals surface area contributed by atoms with Gasteiger partial charge in [0.2, 0.25) is 10.0 Å². The van der Waals surface area contributed by atoms with Crippen molar-refractivity contribution in [1.29, 1.82) is 0 Å². The fourth-order valence-electron chi connectivity index (χ4n) is 2.31. The SMILES string of the molecule is CS(=O)(=O)N1CCC(Nc2ncc(N)cc2C(N)=O)CC1. The fourth-order valence-corrected chi connectivity index (χ4v) is 3.18. The second-order valence-electron chi connectivity index (χ2n) is 5.11. The Bertz CT molecular complexity index is 638. The summed E-state index contributed by atoms with van der Waals surface area (Å²) in [7, 11) is -3.15. The molecule has 2 rings (SSSR count). The lowest BCUT2D eigenvalue weighted by Gasteiger charge is -2.31. The van der Waals surface area contributed by atoms with Crippen LogP contribution in [0.3, 0.4) is 0 Å². The number of nitrogen functional groups attached to an aromatic ring is 1. The highest BCUT2D eigenvalue weighted by atomic mass is 32.2. The maximum absolute atomic E-state index is 11.5. The van der Waals surface area contributed by atoms with Crippen LogP contribution in [0.2, 0.25) is 0 Å². The number of nitrogens with two attached hydrogens (primary N) is 2. The number of pyridine rings is 1. The van der Waals surface area contributed by atoms with Crippen molar-refractivity contribution < 1.29 is 13.2 Å². The van der Waals surface area contributed by atoms with Gasteiger partial charge in [-0.1, -0.05) is 0 Å². The summed E-state index contributed by atoms with van der Waals surface area (Å²) in [5, 5.41) is 3.14. The molecule has 21 heavy (non-hydrogen) atoms. The smallest absolute Gasteiger partial charge is 0.252 e. The number of hydrogen-bond acceptors (Lipinski definition) is 6. The minimum absolute atomic E-state index is 0.0391. The van der Waals surface area contributed by atoms with Crippen molar-refractivity contribution in [2.45, 2.75) is 18.9 Å². The number of nitrogens with one attached hydrogen (secondary N) is 1. The van der Waals surface area contributed by atoms with Gasteiger partial charge in [-0.3, -0.25) is 4.79 Å². The molecule has 0 atom stereocenters. The van der Waals surface area contributed by atoms with Crippen molar-refractivity contribution in [3.8, 4) is 0 Å². The highest BCUT2D eigenvalue weighted by molar-refractivity contribution is 7.88. The Morgan fingerprint density at radius 1 is 1.43 bits per heavy atom. The quantitative estimate of drug-likeness (QED) is 0.693. The van der Waals surface area contributed by atoms with E-state index in [0.717, 1.165) is 0 Å². The van der Waals surface area contributed by atoms with E-state index in [4.69, 9.17) is 11.5 Å². The molecule has 0 radical (unpaired) electrons. The number of amides is 1.